The molecule has 2 N–H and O–H groups in total. The molecular formula is C10H15N3O2S. The molecule has 6 heteroatoms. The van der Waals surface area contributed by atoms with Gasteiger partial charge in [-0.2, -0.15) is 5.11 Å². The van der Waals surface area contributed by atoms with Gasteiger partial charge in [-0.1, -0.05) is 13.3 Å². The Labute approximate surface area is 95.4 Å². The van der Waals surface area contributed by atoms with E-state index in [1.54, 1.807) is 0 Å². The van der Waals surface area contributed by atoms with E-state index in [0.717, 1.165) is 12.8 Å². The summed E-state index contributed by atoms with van der Waals surface area (Å²) in [5, 5.41) is 3.20. The monoisotopic (exact) mass is 241 g/mol. The van der Waals surface area contributed by atoms with Crippen molar-refractivity contribution in [2.24, 2.45) is 5.11 Å². The van der Waals surface area contributed by atoms with Crippen LogP contribution in [0.4, 0.5) is 5.69 Å². The molecule has 0 aliphatic rings. The molecule has 0 fully saturated rings. The number of nitrogens with one attached hydrogen (secondary N) is 2. The summed E-state index contributed by atoms with van der Waals surface area (Å²) in [5.74, 6) is 0. The van der Waals surface area contributed by atoms with Gasteiger partial charge in [0.2, 0.25) is 10.0 Å². The molecule has 0 aliphatic heterocycles. The van der Waals surface area contributed by atoms with E-state index >= 15 is 0 Å². The SMILES string of the molecule is CCCCNS(=O)(=O)c1ccc(N=N)cc1. The molecule has 88 valence electrons. The van der Waals surface area contributed by atoms with Crippen molar-refractivity contribution in [3.05, 3.63) is 24.3 Å². The quantitative estimate of drug-likeness (QED) is 0.592. The molecule has 5 nitrogen and oxygen atoms in total. The predicted octanol–water partition coefficient (Wildman–Crippen LogP) is 2.43. The highest BCUT2D eigenvalue weighted by Crippen LogP contribution is 2.15. The number of rotatable bonds is 6. The van der Waals surface area contributed by atoms with E-state index in [-0.39, 0.29) is 4.90 Å². The highest BCUT2D eigenvalue weighted by molar-refractivity contribution is 7.89. The van der Waals surface area contributed by atoms with E-state index in [4.69, 9.17) is 5.53 Å². The van der Waals surface area contributed by atoms with Crippen LogP contribution in [-0.4, -0.2) is 15.0 Å². The number of sulfonamides is 1. The first-order valence-corrected chi connectivity index (χ1v) is 6.55. The fourth-order valence-electron chi connectivity index (χ4n) is 1.17. The minimum atomic E-state index is -3.41. The fraction of sp³-hybridized carbons (Fsp3) is 0.400. The van der Waals surface area contributed by atoms with E-state index in [1.807, 2.05) is 6.92 Å². The van der Waals surface area contributed by atoms with E-state index < -0.39 is 10.0 Å². The maximum Gasteiger partial charge on any atom is 0.240 e. The molecule has 1 aromatic carbocycles. The van der Waals surface area contributed by atoms with Crippen LogP contribution < -0.4 is 4.72 Å². The number of hydrogen-bond acceptors (Lipinski definition) is 4. The van der Waals surface area contributed by atoms with Crippen molar-refractivity contribution in [3.8, 4) is 0 Å². The van der Waals surface area contributed by atoms with Crippen molar-refractivity contribution < 1.29 is 8.42 Å². The second kappa shape index (κ2) is 5.72. The van der Waals surface area contributed by atoms with Crippen LogP contribution in [0.15, 0.2) is 34.3 Å². The molecule has 0 unspecified atom stereocenters. The number of benzene rings is 1. The first-order chi connectivity index (χ1) is 7.60. The van der Waals surface area contributed by atoms with Crippen molar-refractivity contribution >= 4 is 15.7 Å². The van der Waals surface area contributed by atoms with Crippen LogP contribution in [-0.2, 0) is 10.0 Å². The maximum atomic E-state index is 11.7. The lowest BCUT2D eigenvalue weighted by atomic mass is 10.3. The minimum absolute atomic E-state index is 0.205. The zero-order chi connectivity index (χ0) is 12.0. The molecule has 0 saturated heterocycles. The van der Waals surface area contributed by atoms with Crippen molar-refractivity contribution in [1.82, 2.24) is 4.72 Å². The Hall–Kier alpha value is -1.27. The normalized spacial score (nSPS) is 11.3. The largest absolute Gasteiger partial charge is 0.240 e. The predicted molar refractivity (Wildman–Crippen MR) is 61.3 cm³/mol. The summed E-state index contributed by atoms with van der Waals surface area (Å²) in [7, 11) is -3.41. The molecule has 0 atom stereocenters. The van der Waals surface area contributed by atoms with Gasteiger partial charge in [0.1, 0.15) is 0 Å². The van der Waals surface area contributed by atoms with Gasteiger partial charge in [-0.15, -0.1) is 0 Å². The average molecular weight is 241 g/mol. The van der Waals surface area contributed by atoms with Gasteiger partial charge in [0.15, 0.2) is 0 Å². The van der Waals surface area contributed by atoms with Crippen LogP contribution in [0.3, 0.4) is 0 Å². The number of nitrogens with zero attached hydrogens (tertiary/aromatic N) is 1. The van der Waals surface area contributed by atoms with Crippen molar-refractivity contribution in [3.63, 3.8) is 0 Å². The second-order valence-corrected chi connectivity index (χ2v) is 5.12. The van der Waals surface area contributed by atoms with Crippen LogP contribution in [0.5, 0.6) is 0 Å². The first kappa shape index (κ1) is 12.8. The molecule has 1 rings (SSSR count). The Morgan fingerprint density at radius 2 is 1.94 bits per heavy atom. The molecule has 0 bridgehead atoms. The van der Waals surface area contributed by atoms with Crippen LogP contribution in [0.2, 0.25) is 0 Å². The fourth-order valence-corrected chi connectivity index (χ4v) is 2.24. The van der Waals surface area contributed by atoms with Crippen molar-refractivity contribution in [2.45, 2.75) is 24.7 Å². The topological polar surface area (TPSA) is 82.4 Å². The first-order valence-electron chi connectivity index (χ1n) is 5.07. The third-order valence-corrected chi connectivity index (χ3v) is 3.58. The van der Waals surface area contributed by atoms with Crippen LogP contribution in [0.25, 0.3) is 0 Å². The third kappa shape index (κ3) is 3.39. The summed E-state index contributed by atoms with van der Waals surface area (Å²) >= 11 is 0. The highest BCUT2D eigenvalue weighted by atomic mass is 32.2. The van der Waals surface area contributed by atoms with Crippen LogP contribution >= 0.6 is 0 Å². The van der Waals surface area contributed by atoms with Crippen molar-refractivity contribution in [2.75, 3.05) is 6.54 Å². The van der Waals surface area contributed by atoms with Crippen LogP contribution in [0.1, 0.15) is 19.8 Å². The smallest absolute Gasteiger partial charge is 0.211 e. The van der Waals surface area contributed by atoms with E-state index in [9.17, 15) is 8.42 Å². The molecule has 0 radical (unpaired) electrons. The van der Waals surface area contributed by atoms with E-state index in [0.29, 0.717) is 12.2 Å². The van der Waals surface area contributed by atoms with Gasteiger partial charge in [-0.05, 0) is 30.7 Å². The van der Waals surface area contributed by atoms with Gasteiger partial charge in [0, 0.05) is 6.54 Å². The number of unbranched alkanes of at least 4 members (excludes halogenated alkanes) is 1. The van der Waals surface area contributed by atoms with Crippen LogP contribution in [0, 0.1) is 5.53 Å². The lowest BCUT2D eigenvalue weighted by Gasteiger charge is -2.05. The standard InChI is InChI=1S/C10H15N3O2S/c1-2-3-8-12-16(14,15)10-6-4-9(13-11)5-7-10/h4-7,11-12H,2-3,8H2,1H3. The lowest BCUT2D eigenvalue weighted by molar-refractivity contribution is 0.578. The number of hydrogen-bond donors (Lipinski definition) is 2. The maximum absolute atomic E-state index is 11.7. The van der Waals surface area contributed by atoms with Gasteiger partial charge in [-0.3, -0.25) is 0 Å². The zero-order valence-electron chi connectivity index (χ0n) is 9.10. The summed E-state index contributed by atoms with van der Waals surface area (Å²) in [6.07, 6.45) is 1.76. The van der Waals surface area contributed by atoms with Gasteiger partial charge < -0.3 is 0 Å². The van der Waals surface area contributed by atoms with Gasteiger partial charge in [-0.25, -0.2) is 18.7 Å². The summed E-state index contributed by atoms with van der Waals surface area (Å²) in [5.41, 5.74) is 7.20. The third-order valence-electron chi connectivity index (χ3n) is 2.10. The molecule has 16 heavy (non-hydrogen) atoms. The second-order valence-electron chi connectivity index (χ2n) is 3.36. The Bertz CT molecular complexity index is 440. The van der Waals surface area contributed by atoms with Gasteiger partial charge in [0.05, 0.1) is 10.6 Å². The summed E-state index contributed by atoms with van der Waals surface area (Å²) < 4.78 is 25.9. The van der Waals surface area contributed by atoms with E-state index in [2.05, 4.69) is 9.84 Å². The molecule has 0 aromatic heterocycles. The Kier molecular flexibility index (Phi) is 4.57. The van der Waals surface area contributed by atoms with Gasteiger partial charge >= 0.3 is 0 Å². The Morgan fingerprint density at radius 3 is 2.44 bits per heavy atom. The Morgan fingerprint density at radius 1 is 1.31 bits per heavy atom. The molecule has 0 heterocycles. The molecule has 0 spiro atoms. The lowest BCUT2D eigenvalue weighted by Crippen LogP contribution is -2.24. The zero-order valence-corrected chi connectivity index (χ0v) is 9.92. The molecule has 0 aliphatic carbocycles. The highest BCUT2D eigenvalue weighted by Gasteiger charge is 2.12. The average Bonchev–Trinajstić information content (AvgIpc) is 2.29. The minimum Gasteiger partial charge on any atom is -0.211 e. The molecule has 1 aromatic rings. The Balaban J connectivity index is 2.77. The molecule has 0 amide bonds. The summed E-state index contributed by atoms with van der Waals surface area (Å²) in [6.45, 7) is 2.45. The van der Waals surface area contributed by atoms with Gasteiger partial charge in [0.25, 0.3) is 0 Å². The summed E-state index contributed by atoms with van der Waals surface area (Å²) in [6, 6.07) is 5.89. The summed E-state index contributed by atoms with van der Waals surface area (Å²) in [4.78, 5) is 0.205. The van der Waals surface area contributed by atoms with Crippen molar-refractivity contribution in [1.29, 1.82) is 5.53 Å². The molecular weight excluding hydrogens is 226 g/mol. The van der Waals surface area contributed by atoms with E-state index in [1.165, 1.54) is 24.3 Å². The molecule has 0 saturated carbocycles.